The summed E-state index contributed by atoms with van der Waals surface area (Å²) in [7, 11) is 3.20. The average molecular weight is 491 g/mol. The first-order valence-corrected chi connectivity index (χ1v) is 9.49. The van der Waals surface area contributed by atoms with E-state index in [4.69, 9.17) is 14.5 Å². The molecule has 1 fully saturated rings. The van der Waals surface area contributed by atoms with E-state index < -0.39 is 6.10 Å². The Balaban J connectivity index is 0.00000364. The minimum atomic E-state index is -0.688. The van der Waals surface area contributed by atoms with Gasteiger partial charge < -0.3 is 25.2 Å². The van der Waals surface area contributed by atoms with Crippen LogP contribution < -0.4 is 20.1 Å². The molecule has 0 spiro atoms. The molecule has 1 aromatic carbocycles. The number of ether oxygens (including phenoxy) is 2. The predicted octanol–water partition coefficient (Wildman–Crippen LogP) is 3.49. The Labute approximate surface area is 180 Å². The maximum absolute atomic E-state index is 10.6. The van der Waals surface area contributed by atoms with E-state index in [0.717, 1.165) is 24.6 Å². The van der Waals surface area contributed by atoms with Crippen LogP contribution in [-0.2, 0) is 0 Å². The third kappa shape index (κ3) is 6.71. The molecule has 1 aliphatic rings. The highest BCUT2D eigenvalue weighted by molar-refractivity contribution is 14.0. The Morgan fingerprint density at radius 1 is 1.15 bits per heavy atom. The first kappa shape index (κ1) is 23.8. The first-order valence-electron chi connectivity index (χ1n) is 9.49. The van der Waals surface area contributed by atoms with E-state index in [-0.39, 0.29) is 24.0 Å². The van der Waals surface area contributed by atoms with Gasteiger partial charge in [-0.15, -0.1) is 24.0 Å². The van der Waals surface area contributed by atoms with Crippen molar-refractivity contribution in [2.45, 2.75) is 45.6 Å². The predicted molar refractivity (Wildman–Crippen MR) is 120 cm³/mol. The zero-order valence-corrected chi connectivity index (χ0v) is 19.2. The molecule has 1 unspecified atom stereocenters. The van der Waals surface area contributed by atoms with Gasteiger partial charge in [-0.3, -0.25) is 4.99 Å². The van der Waals surface area contributed by atoms with E-state index >= 15 is 0 Å². The number of hydrogen-bond donors (Lipinski definition) is 3. The fourth-order valence-electron chi connectivity index (χ4n) is 3.22. The molecule has 6 nitrogen and oxygen atoms in total. The Kier molecular flexibility index (Phi) is 10.2. The summed E-state index contributed by atoms with van der Waals surface area (Å²) in [6.07, 6.45) is 4.31. The molecule has 0 heterocycles. The molecule has 0 saturated heterocycles. The van der Waals surface area contributed by atoms with E-state index in [2.05, 4.69) is 17.6 Å². The van der Waals surface area contributed by atoms with E-state index in [9.17, 15) is 5.11 Å². The van der Waals surface area contributed by atoms with Gasteiger partial charge in [0.05, 0.1) is 20.3 Å². The normalized spacial score (nSPS) is 16.6. The number of aliphatic hydroxyl groups excluding tert-OH is 1. The fraction of sp³-hybridized carbons (Fsp3) is 0.650. The summed E-state index contributed by atoms with van der Waals surface area (Å²) in [5, 5.41) is 17.1. The molecule has 2 rings (SSSR count). The Morgan fingerprint density at radius 2 is 1.78 bits per heavy atom. The van der Waals surface area contributed by atoms with Gasteiger partial charge in [-0.2, -0.15) is 0 Å². The van der Waals surface area contributed by atoms with Crippen molar-refractivity contribution >= 4 is 29.9 Å². The molecular weight excluding hydrogens is 457 g/mol. The number of methoxy groups -OCH3 is 2. The standard InChI is InChI=1S/C20H33N3O3.HI/c1-5-20(8-7-9-20)14-23-19(21-6-2)22-13-18(24)15-10-16(25-3)12-17(11-15)26-4;/h10-12,18,24H,5-9,13-14H2,1-4H3,(H2,21,22,23);1H. The molecule has 0 bridgehead atoms. The minimum Gasteiger partial charge on any atom is -0.497 e. The Hall–Kier alpha value is -1.22. The van der Waals surface area contributed by atoms with Gasteiger partial charge in [-0.1, -0.05) is 13.3 Å². The molecule has 0 aromatic heterocycles. The number of hydrogen-bond acceptors (Lipinski definition) is 4. The van der Waals surface area contributed by atoms with Gasteiger partial charge in [0.2, 0.25) is 0 Å². The summed E-state index contributed by atoms with van der Waals surface area (Å²) >= 11 is 0. The van der Waals surface area contributed by atoms with Gasteiger partial charge in [0.25, 0.3) is 0 Å². The van der Waals surface area contributed by atoms with E-state index in [1.54, 1.807) is 20.3 Å². The number of nitrogens with one attached hydrogen (secondary N) is 2. The lowest BCUT2D eigenvalue weighted by molar-refractivity contribution is 0.139. The maximum atomic E-state index is 10.6. The van der Waals surface area contributed by atoms with Crippen molar-refractivity contribution in [2.75, 3.05) is 33.9 Å². The molecule has 1 saturated carbocycles. The van der Waals surface area contributed by atoms with Crippen LogP contribution in [0.15, 0.2) is 23.2 Å². The molecular formula is C20H34IN3O3. The lowest BCUT2D eigenvalue weighted by Crippen LogP contribution is -2.41. The third-order valence-electron chi connectivity index (χ3n) is 5.30. The monoisotopic (exact) mass is 491 g/mol. The summed E-state index contributed by atoms with van der Waals surface area (Å²) in [5.41, 5.74) is 1.12. The SMILES string of the molecule is CCNC(=NCC1(CC)CCC1)NCC(O)c1cc(OC)cc(OC)c1.I. The van der Waals surface area contributed by atoms with Gasteiger partial charge >= 0.3 is 0 Å². The molecule has 3 N–H and O–H groups in total. The highest BCUT2D eigenvalue weighted by atomic mass is 127. The van der Waals surface area contributed by atoms with Crippen LogP contribution >= 0.6 is 24.0 Å². The lowest BCUT2D eigenvalue weighted by atomic mass is 9.67. The number of aliphatic hydroxyl groups is 1. The number of rotatable bonds is 9. The number of benzene rings is 1. The quantitative estimate of drug-likeness (QED) is 0.280. The zero-order chi connectivity index (χ0) is 19.0. The second kappa shape index (κ2) is 11.6. The van der Waals surface area contributed by atoms with E-state index in [1.165, 1.54) is 25.7 Å². The fourth-order valence-corrected chi connectivity index (χ4v) is 3.22. The molecule has 1 atom stereocenters. The van der Waals surface area contributed by atoms with E-state index in [0.29, 0.717) is 23.5 Å². The topological polar surface area (TPSA) is 75.1 Å². The Bertz CT molecular complexity index is 578. The second-order valence-corrected chi connectivity index (χ2v) is 6.94. The van der Waals surface area contributed by atoms with Gasteiger partial charge in [-0.05, 0) is 49.3 Å². The van der Waals surface area contributed by atoms with Crippen molar-refractivity contribution in [2.24, 2.45) is 10.4 Å². The van der Waals surface area contributed by atoms with Crippen LogP contribution in [0.1, 0.15) is 51.2 Å². The summed E-state index contributed by atoms with van der Waals surface area (Å²) in [4.78, 5) is 4.75. The number of halogens is 1. The highest BCUT2D eigenvalue weighted by Gasteiger charge is 2.34. The molecule has 7 heteroatoms. The lowest BCUT2D eigenvalue weighted by Gasteiger charge is -2.40. The van der Waals surface area contributed by atoms with Gasteiger partial charge in [-0.25, -0.2) is 0 Å². The van der Waals surface area contributed by atoms with Crippen LogP contribution in [0.25, 0.3) is 0 Å². The van der Waals surface area contributed by atoms with Crippen molar-refractivity contribution < 1.29 is 14.6 Å². The summed E-state index contributed by atoms with van der Waals surface area (Å²) < 4.78 is 10.5. The third-order valence-corrected chi connectivity index (χ3v) is 5.30. The second-order valence-electron chi connectivity index (χ2n) is 6.94. The van der Waals surface area contributed by atoms with Gasteiger partial charge in [0, 0.05) is 25.7 Å². The number of aliphatic imine (C=N–C) groups is 1. The summed E-state index contributed by atoms with van der Waals surface area (Å²) in [5.74, 6) is 2.07. The van der Waals surface area contributed by atoms with Crippen molar-refractivity contribution in [1.82, 2.24) is 10.6 Å². The van der Waals surface area contributed by atoms with Crippen molar-refractivity contribution in [3.63, 3.8) is 0 Å². The smallest absolute Gasteiger partial charge is 0.191 e. The van der Waals surface area contributed by atoms with Gasteiger partial charge in [0.1, 0.15) is 11.5 Å². The number of nitrogens with zero attached hydrogens (tertiary/aromatic N) is 1. The maximum Gasteiger partial charge on any atom is 0.191 e. The summed E-state index contributed by atoms with van der Waals surface area (Å²) in [6, 6.07) is 5.43. The highest BCUT2D eigenvalue weighted by Crippen LogP contribution is 2.43. The zero-order valence-electron chi connectivity index (χ0n) is 16.9. The molecule has 1 aliphatic carbocycles. The molecule has 0 radical (unpaired) electrons. The van der Waals surface area contributed by atoms with Crippen molar-refractivity contribution in [3.8, 4) is 11.5 Å². The summed E-state index contributed by atoms with van der Waals surface area (Å²) in [6.45, 7) is 6.27. The van der Waals surface area contributed by atoms with Crippen molar-refractivity contribution in [3.05, 3.63) is 23.8 Å². The Morgan fingerprint density at radius 3 is 2.22 bits per heavy atom. The van der Waals surface area contributed by atoms with Gasteiger partial charge in [0.15, 0.2) is 5.96 Å². The average Bonchev–Trinajstić information content (AvgIpc) is 2.64. The minimum absolute atomic E-state index is 0. The van der Waals surface area contributed by atoms with Crippen LogP contribution in [0.3, 0.4) is 0 Å². The van der Waals surface area contributed by atoms with E-state index in [1.807, 2.05) is 19.1 Å². The van der Waals surface area contributed by atoms with Crippen LogP contribution in [0.5, 0.6) is 11.5 Å². The molecule has 1 aromatic rings. The van der Waals surface area contributed by atoms with Crippen LogP contribution in [0.2, 0.25) is 0 Å². The van der Waals surface area contributed by atoms with Crippen LogP contribution in [-0.4, -0.2) is 44.9 Å². The van der Waals surface area contributed by atoms with Crippen LogP contribution in [0.4, 0.5) is 0 Å². The molecule has 154 valence electrons. The number of guanidine groups is 1. The molecule has 27 heavy (non-hydrogen) atoms. The first-order chi connectivity index (χ1) is 12.6. The van der Waals surface area contributed by atoms with Crippen molar-refractivity contribution in [1.29, 1.82) is 0 Å². The largest absolute Gasteiger partial charge is 0.497 e. The van der Waals surface area contributed by atoms with Crippen LogP contribution in [0, 0.1) is 5.41 Å². The molecule has 0 aliphatic heterocycles. The molecule has 0 amide bonds.